The van der Waals surface area contributed by atoms with E-state index in [1.807, 2.05) is 0 Å². The minimum absolute atomic E-state index is 0.189. The average molecular weight is 201 g/mol. The van der Waals surface area contributed by atoms with Gasteiger partial charge in [-0.2, -0.15) is 0 Å². The molecule has 1 unspecified atom stereocenters. The highest BCUT2D eigenvalue weighted by Gasteiger charge is 2.07. The van der Waals surface area contributed by atoms with Crippen molar-refractivity contribution in [2.24, 2.45) is 0 Å². The van der Waals surface area contributed by atoms with Gasteiger partial charge in [-0.1, -0.05) is 6.08 Å². The van der Waals surface area contributed by atoms with E-state index in [0.717, 1.165) is 0 Å². The lowest BCUT2D eigenvalue weighted by Crippen LogP contribution is -2.32. The molecule has 0 saturated heterocycles. The van der Waals surface area contributed by atoms with Gasteiger partial charge in [0.2, 0.25) is 0 Å². The van der Waals surface area contributed by atoms with Crippen molar-refractivity contribution in [3.8, 4) is 0 Å². The van der Waals surface area contributed by atoms with E-state index < -0.39 is 12.1 Å². The van der Waals surface area contributed by atoms with E-state index in [4.69, 9.17) is 5.11 Å². The highest BCUT2D eigenvalue weighted by atomic mass is 16.5. The number of carbonyl (C=O) groups excluding carboxylic acids is 1. The summed E-state index contributed by atoms with van der Waals surface area (Å²) in [5.41, 5.74) is 0.189. The number of amides is 1. The van der Waals surface area contributed by atoms with E-state index in [2.05, 4.69) is 10.1 Å². The standard InChI is InChI=1S/C9H15NO4/c1-4-14-9(13)10-7(3)5-6(2)8(11)12/h5,7H,4H2,1-3H3,(H,10,13)(H,11,12). The van der Waals surface area contributed by atoms with Crippen molar-refractivity contribution < 1.29 is 19.4 Å². The first-order valence-electron chi connectivity index (χ1n) is 4.32. The molecule has 2 N–H and O–H groups in total. The Morgan fingerprint density at radius 2 is 2.14 bits per heavy atom. The van der Waals surface area contributed by atoms with Gasteiger partial charge in [0.15, 0.2) is 0 Å². The second-order valence-corrected chi connectivity index (χ2v) is 2.81. The molecule has 1 atom stereocenters. The van der Waals surface area contributed by atoms with Crippen LogP contribution in [0.5, 0.6) is 0 Å². The fraction of sp³-hybridized carbons (Fsp3) is 0.556. The molecule has 14 heavy (non-hydrogen) atoms. The summed E-state index contributed by atoms with van der Waals surface area (Å²) in [6.45, 7) is 5.12. The van der Waals surface area contributed by atoms with Crippen LogP contribution in [-0.4, -0.2) is 29.8 Å². The third kappa shape index (κ3) is 5.18. The summed E-state index contributed by atoms with van der Waals surface area (Å²) in [6.07, 6.45) is 0.897. The second kappa shape index (κ2) is 6.01. The number of hydrogen-bond acceptors (Lipinski definition) is 3. The van der Waals surface area contributed by atoms with Crippen molar-refractivity contribution in [3.63, 3.8) is 0 Å². The van der Waals surface area contributed by atoms with Gasteiger partial charge >= 0.3 is 12.1 Å². The van der Waals surface area contributed by atoms with E-state index in [0.29, 0.717) is 6.61 Å². The number of aliphatic carboxylic acids is 1. The van der Waals surface area contributed by atoms with Gasteiger partial charge in [0.05, 0.1) is 6.61 Å². The Balaban J connectivity index is 4.09. The molecule has 5 heteroatoms. The van der Waals surface area contributed by atoms with E-state index in [9.17, 15) is 9.59 Å². The molecule has 0 heterocycles. The molecule has 0 saturated carbocycles. The first kappa shape index (κ1) is 12.5. The minimum atomic E-state index is -0.998. The number of alkyl carbamates (subject to hydrolysis) is 1. The van der Waals surface area contributed by atoms with Crippen LogP contribution < -0.4 is 5.32 Å². The Kier molecular flexibility index (Phi) is 5.36. The van der Waals surface area contributed by atoms with Crippen molar-refractivity contribution in [1.82, 2.24) is 5.32 Å². The van der Waals surface area contributed by atoms with Crippen LogP contribution in [0.15, 0.2) is 11.6 Å². The van der Waals surface area contributed by atoms with Gasteiger partial charge in [-0.15, -0.1) is 0 Å². The first-order valence-corrected chi connectivity index (χ1v) is 4.32. The molecule has 0 aliphatic carbocycles. The smallest absolute Gasteiger partial charge is 0.407 e. The molecule has 0 spiro atoms. The average Bonchev–Trinajstić information content (AvgIpc) is 2.03. The molecule has 5 nitrogen and oxygen atoms in total. The van der Waals surface area contributed by atoms with Gasteiger partial charge in [-0.05, 0) is 20.8 Å². The van der Waals surface area contributed by atoms with Gasteiger partial charge < -0.3 is 15.2 Å². The van der Waals surface area contributed by atoms with Crippen LogP contribution in [0.1, 0.15) is 20.8 Å². The van der Waals surface area contributed by atoms with Gasteiger partial charge in [-0.25, -0.2) is 9.59 Å². The topological polar surface area (TPSA) is 75.6 Å². The minimum Gasteiger partial charge on any atom is -0.478 e. The second-order valence-electron chi connectivity index (χ2n) is 2.81. The maximum Gasteiger partial charge on any atom is 0.407 e. The van der Waals surface area contributed by atoms with Crippen LogP contribution in [0.4, 0.5) is 4.79 Å². The maximum absolute atomic E-state index is 10.9. The third-order valence-corrected chi connectivity index (χ3v) is 1.46. The molecule has 80 valence electrons. The summed E-state index contributed by atoms with van der Waals surface area (Å²) >= 11 is 0. The fourth-order valence-electron chi connectivity index (χ4n) is 0.847. The first-order chi connectivity index (χ1) is 6.47. The normalized spacial score (nSPS) is 13.2. The molecule has 0 aromatic carbocycles. The molecule has 0 fully saturated rings. The molecule has 0 aliphatic heterocycles. The van der Waals surface area contributed by atoms with E-state index in [1.165, 1.54) is 13.0 Å². The van der Waals surface area contributed by atoms with Crippen LogP contribution in [0, 0.1) is 0 Å². The van der Waals surface area contributed by atoms with Crippen molar-refractivity contribution >= 4 is 12.1 Å². The summed E-state index contributed by atoms with van der Waals surface area (Å²) in [4.78, 5) is 21.3. The molecule has 0 aromatic heterocycles. The number of carboxylic acid groups (broad SMARTS) is 1. The highest BCUT2D eigenvalue weighted by Crippen LogP contribution is 1.96. The van der Waals surface area contributed by atoms with Crippen molar-refractivity contribution in [3.05, 3.63) is 11.6 Å². The third-order valence-electron chi connectivity index (χ3n) is 1.46. The summed E-state index contributed by atoms with van der Waals surface area (Å²) in [6, 6.07) is -0.356. The lowest BCUT2D eigenvalue weighted by molar-refractivity contribution is -0.132. The molecule has 1 amide bonds. The van der Waals surface area contributed by atoms with Crippen LogP contribution in [0.3, 0.4) is 0 Å². The molecular weight excluding hydrogens is 186 g/mol. The Labute approximate surface area is 82.7 Å². The zero-order valence-corrected chi connectivity index (χ0v) is 8.53. The van der Waals surface area contributed by atoms with Gasteiger partial charge in [0.1, 0.15) is 0 Å². The van der Waals surface area contributed by atoms with Crippen molar-refractivity contribution in [2.45, 2.75) is 26.8 Å². The number of carbonyl (C=O) groups is 2. The van der Waals surface area contributed by atoms with Gasteiger partial charge in [0.25, 0.3) is 0 Å². The largest absolute Gasteiger partial charge is 0.478 e. The summed E-state index contributed by atoms with van der Waals surface area (Å²) < 4.78 is 4.63. The van der Waals surface area contributed by atoms with E-state index >= 15 is 0 Å². The molecular formula is C9H15NO4. The summed E-state index contributed by atoms with van der Waals surface area (Å²) in [5.74, 6) is -0.998. The Hall–Kier alpha value is -1.52. The Morgan fingerprint density at radius 1 is 1.57 bits per heavy atom. The van der Waals surface area contributed by atoms with Crippen LogP contribution in [0.25, 0.3) is 0 Å². The lowest BCUT2D eigenvalue weighted by atomic mass is 10.2. The predicted octanol–water partition coefficient (Wildman–Crippen LogP) is 1.15. The van der Waals surface area contributed by atoms with E-state index in [1.54, 1.807) is 13.8 Å². The fourth-order valence-corrected chi connectivity index (χ4v) is 0.847. The molecule has 0 rings (SSSR count). The van der Waals surface area contributed by atoms with Crippen molar-refractivity contribution in [1.29, 1.82) is 0 Å². The van der Waals surface area contributed by atoms with Crippen LogP contribution in [-0.2, 0) is 9.53 Å². The van der Waals surface area contributed by atoms with Crippen molar-refractivity contribution in [2.75, 3.05) is 6.61 Å². The van der Waals surface area contributed by atoms with Crippen LogP contribution >= 0.6 is 0 Å². The van der Waals surface area contributed by atoms with Gasteiger partial charge in [-0.3, -0.25) is 0 Å². The van der Waals surface area contributed by atoms with E-state index in [-0.39, 0.29) is 11.6 Å². The lowest BCUT2D eigenvalue weighted by Gasteiger charge is -2.09. The highest BCUT2D eigenvalue weighted by molar-refractivity contribution is 5.86. The predicted molar refractivity (Wildman–Crippen MR) is 51.0 cm³/mol. The van der Waals surface area contributed by atoms with Gasteiger partial charge in [0, 0.05) is 11.6 Å². The summed E-state index contributed by atoms with van der Waals surface area (Å²) in [7, 11) is 0. The maximum atomic E-state index is 10.9. The monoisotopic (exact) mass is 201 g/mol. The Bertz CT molecular complexity index is 247. The number of hydrogen-bond donors (Lipinski definition) is 2. The zero-order chi connectivity index (χ0) is 11.1. The number of rotatable bonds is 4. The zero-order valence-electron chi connectivity index (χ0n) is 8.53. The quantitative estimate of drug-likeness (QED) is 0.669. The number of nitrogens with one attached hydrogen (secondary N) is 1. The molecule has 0 radical (unpaired) electrons. The summed E-state index contributed by atoms with van der Waals surface area (Å²) in [5, 5.41) is 11.0. The SMILES string of the molecule is CCOC(=O)NC(C)C=C(C)C(=O)O. The Morgan fingerprint density at radius 3 is 2.57 bits per heavy atom. The molecule has 0 bridgehead atoms. The molecule has 0 aromatic rings. The molecule has 0 aliphatic rings. The van der Waals surface area contributed by atoms with Crippen LogP contribution in [0.2, 0.25) is 0 Å². The number of carboxylic acids is 1. The number of ether oxygens (including phenoxy) is 1.